The summed E-state index contributed by atoms with van der Waals surface area (Å²) in [5.74, 6) is -0.589. The summed E-state index contributed by atoms with van der Waals surface area (Å²) in [6, 6.07) is 18.5. The van der Waals surface area contributed by atoms with Crippen molar-refractivity contribution in [2.75, 3.05) is 7.05 Å². The number of nitrogens with zero attached hydrogens (tertiary/aromatic N) is 1. The molecule has 1 aliphatic heterocycles. The zero-order chi connectivity index (χ0) is 18.4. The third-order valence-corrected chi connectivity index (χ3v) is 4.23. The largest absolute Gasteiger partial charge is 0.382 e. The first-order chi connectivity index (χ1) is 12.7. The second-order valence-corrected chi connectivity index (χ2v) is 6.07. The molecule has 0 unspecified atom stereocenters. The van der Waals surface area contributed by atoms with Crippen LogP contribution in [0.4, 0.5) is 0 Å². The quantitative estimate of drug-likeness (QED) is 0.831. The zero-order valence-corrected chi connectivity index (χ0v) is 14.5. The lowest BCUT2D eigenvalue weighted by molar-refractivity contribution is -0.135. The average molecular weight is 351 g/mol. The van der Waals surface area contributed by atoms with Gasteiger partial charge in [0.25, 0.3) is 5.91 Å². The minimum Gasteiger partial charge on any atom is -0.382 e. The van der Waals surface area contributed by atoms with Crippen LogP contribution < -0.4 is 10.6 Å². The summed E-state index contributed by atoms with van der Waals surface area (Å²) in [4.78, 5) is 30.0. The number of benzene rings is 2. The van der Waals surface area contributed by atoms with E-state index >= 15 is 0 Å². The van der Waals surface area contributed by atoms with Crippen LogP contribution in [0.15, 0.2) is 65.8 Å². The Morgan fingerprint density at radius 1 is 1.12 bits per heavy atom. The van der Waals surface area contributed by atoms with Gasteiger partial charge in [0.1, 0.15) is 6.04 Å². The summed E-state index contributed by atoms with van der Waals surface area (Å²) < 4.78 is 0. The summed E-state index contributed by atoms with van der Waals surface area (Å²) in [7, 11) is 1.55. The van der Waals surface area contributed by atoms with Crippen LogP contribution >= 0.6 is 0 Å². The van der Waals surface area contributed by atoms with Gasteiger partial charge < -0.3 is 15.5 Å². The Kier molecular flexibility index (Phi) is 5.63. The van der Waals surface area contributed by atoms with Crippen LogP contribution in [0.5, 0.6) is 0 Å². The van der Waals surface area contributed by atoms with E-state index in [4.69, 9.17) is 4.84 Å². The fourth-order valence-corrected chi connectivity index (χ4v) is 2.82. The molecule has 0 saturated carbocycles. The highest BCUT2D eigenvalue weighted by molar-refractivity contribution is 6.04. The molecule has 0 aliphatic carbocycles. The van der Waals surface area contributed by atoms with Crippen LogP contribution in [0.3, 0.4) is 0 Å². The molecule has 2 aromatic rings. The van der Waals surface area contributed by atoms with E-state index < -0.39 is 12.1 Å². The second-order valence-electron chi connectivity index (χ2n) is 6.07. The number of carbonyl (C=O) groups is 2. The monoisotopic (exact) mass is 351 g/mol. The van der Waals surface area contributed by atoms with Crippen molar-refractivity contribution in [1.82, 2.24) is 10.6 Å². The van der Waals surface area contributed by atoms with E-state index in [1.165, 1.54) is 0 Å². The SMILES string of the molecule is CNC(=O)[C@H](Cc1ccccc1)NC(=O)[C@@H]1CC(c2ccccc2)=NO1. The van der Waals surface area contributed by atoms with Gasteiger partial charge in [0.2, 0.25) is 12.0 Å². The number of hydrogen-bond donors (Lipinski definition) is 2. The molecule has 3 rings (SSSR count). The van der Waals surface area contributed by atoms with Crippen LogP contribution in [-0.4, -0.2) is 36.7 Å². The third-order valence-electron chi connectivity index (χ3n) is 4.23. The molecule has 2 N–H and O–H groups in total. The highest BCUT2D eigenvalue weighted by Gasteiger charge is 2.31. The summed E-state index contributed by atoms with van der Waals surface area (Å²) in [5.41, 5.74) is 2.62. The van der Waals surface area contributed by atoms with Crippen molar-refractivity contribution in [3.63, 3.8) is 0 Å². The van der Waals surface area contributed by atoms with E-state index in [1.807, 2.05) is 60.7 Å². The van der Waals surface area contributed by atoms with Gasteiger partial charge in [-0.05, 0) is 11.1 Å². The van der Waals surface area contributed by atoms with Gasteiger partial charge in [-0.1, -0.05) is 65.8 Å². The molecule has 134 valence electrons. The maximum absolute atomic E-state index is 12.6. The van der Waals surface area contributed by atoms with Crippen molar-refractivity contribution in [1.29, 1.82) is 0 Å². The van der Waals surface area contributed by atoms with E-state index in [9.17, 15) is 9.59 Å². The Balaban J connectivity index is 1.62. The van der Waals surface area contributed by atoms with Crippen molar-refractivity contribution >= 4 is 17.5 Å². The minimum absolute atomic E-state index is 0.246. The van der Waals surface area contributed by atoms with Gasteiger partial charge in [-0.2, -0.15) is 0 Å². The molecule has 0 bridgehead atoms. The molecular weight excluding hydrogens is 330 g/mol. The predicted octanol–water partition coefficient (Wildman–Crippen LogP) is 1.65. The molecule has 1 heterocycles. The molecule has 6 nitrogen and oxygen atoms in total. The highest BCUT2D eigenvalue weighted by Crippen LogP contribution is 2.17. The van der Waals surface area contributed by atoms with Crippen LogP contribution in [0.1, 0.15) is 17.5 Å². The number of carbonyl (C=O) groups excluding carboxylic acids is 2. The first kappa shape index (κ1) is 17.7. The maximum Gasteiger partial charge on any atom is 0.265 e. The van der Waals surface area contributed by atoms with Gasteiger partial charge in [-0.3, -0.25) is 9.59 Å². The summed E-state index contributed by atoms with van der Waals surface area (Å²) in [5, 5.41) is 9.39. The van der Waals surface area contributed by atoms with Gasteiger partial charge in [0, 0.05) is 19.9 Å². The lowest BCUT2D eigenvalue weighted by Gasteiger charge is -2.19. The maximum atomic E-state index is 12.6. The fraction of sp³-hybridized carbons (Fsp3) is 0.250. The van der Waals surface area contributed by atoms with Crippen LogP contribution in [0.25, 0.3) is 0 Å². The molecule has 0 radical (unpaired) electrons. The molecule has 0 saturated heterocycles. The molecule has 0 fully saturated rings. The zero-order valence-electron chi connectivity index (χ0n) is 14.5. The molecule has 26 heavy (non-hydrogen) atoms. The first-order valence-corrected chi connectivity index (χ1v) is 8.51. The number of nitrogens with one attached hydrogen (secondary N) is 2. The lowest BCUT2D eigenvalue weighted by atomic mass is 10.0. The molecule has 0 aromatic heterocycles. The van der Waals surface area contributed by atoms with Crippen LogP contribution in [-0.2, 0) is 20.8 Å². The Bertz CT molecular complexity index is 790. The normalized spacial score (nSPS) is 17.0. The average Bonchev–Trinajstić information content (AvgIpc) is 3.19. The number of likely N-dealkylation sites (N-methyl/N-ethyl adjacent to an activating group) is 1. The van der Waals surface area contributed by atoms with Gasteiger partial charge >= 0.3 is 0 Å². The molecule has 6 heteroatoms. The topological polar surface area (TPSA) is 79.8 Å². The first-order valence-electron chi connectivity index (χ1n) is 8.51. The van der Waals surface area contributed by atoms with E-state index in [2.05, 4.69) is 15.8 Å². The second kappa shape index (κ2) is 8.29. The Labute approximate surface area is 152 Å². The molecule has 2 amide bonds. The molecule has 1 aliphatic rings. The van der Waals surface area contributed by atoms with Crippen LogP contribution in [0, 0.1) is 0 Å². The smallest absolute Gasteiger partial charge is 0.265 e. The van der Waals surface area contributed by atoms with Crippen molar-refractivity contribution < 1.29 is 14.4 Å². The predicted molar refractivity (Wildman–Crippen MR) is 98.6 cm³/mol. The van der Waals surface area contributed by atoms with E-state index in [-0.39, 0.29) is 11.8 Å². The van der Waals surface area contributed by atoms with Crippen LogP contribution in [0.2, 0.25) is 0 Å². The highest BCUT2D eigenvalue weighted by atomic mass is 16.6. The summed E-state index contributed by atoms with van der Waals surface area (Å²) in [6.07, 6.45) is 0.0562. The van der Waals surface area contributed by atoms with Gasteiger partial charge in [-0.15, -0.1) is 0 Å². The molecule has 2 aromatic carbocycles. The minimum atomic E-state index is -0.729. The van der Waals surface area contributed by atoms with E-state index in [0.29, 0.717) is 12.8 Å². The van der Waals surface area contributed by atoms with Gasteiger partial charge in [0.05, 0.1) is 5.71 Å². The van der Waals surface area contributed by atoms with Gasteiger partial charge in [-0.25, -0.2) is 0 Å². The molecular formula is C20H21N3O3. The van der Waals surface area contributed by atoms with E-state index in [1.54, 1.807) is 7.05 Å². The third kappa shape index (κ3) is 4.27. The molecule has 0 spiro atoms. The number of rotatable bonds is 6. The van der Waals surface area contributed by atoms with Gasteiger partial charge in [0.15, 0.2) is 0 Å². The molecule has 2 atom stereocenters. The number of hydrogen-bond acceptors (Lipinski definition) is 4. The van der Waals surface area contributed by atoms with Crippen molar-refractivity contribution in [2.24, 2.45) is 5.16 Å². The number of oxime groups is 1. The Hall–Kier alpha value is -3.15. The van der Waals surface area contributed by atoms with E-state index in [0.717, 1.165) is 16.8 Å². The Morgan fingerprint density at radius 3 is 2.42 bits per heavy atom. The van der Waals surface area contributed by atoms with Crippen molar-refractivity contribution in [3.05, 3.63) is 71.8 Å². The number of amides is 2. The fourth-order valence-electron chi connectivity index (χ4n) is 2.82. The standard InChI is InChI=1S/C20H21N3O3/c1-21-19(24)17(12-14-8-4-2-5-9-14)22-20(25)18-13-16(23-26-18)15-10-6-3-7-11-15/h2-11,17-18H,12-13H2,1H3,(H,21,24)(H,22,25)/t17-,18-/m0/s1. The Morgan fingerprint density at radius 2 is 1.77 bits per heavy atom. The summed E-state index contributed by atoms with van der Waals surface area (Å²) >= 11 is 0. The van der Waals surface area contributed by atoms with Crippen molar-refractivity contribution in [2.45, 2.75) is 25.0 Å². The van der Waals surface area contributed by atoms with Crippen molar-refractivity contribution in [3.8, 4) is 0 Å². The summed E-state index contributed by atoms with van der Waals surface area (Å²) in [6.45, 7) is 0. The lowest BCUT2D eigenvalue weighted by Crippen LogP contribution is -2.50.